The third kappa shape index (κ3) is 5.06. The number of nitrogens with zero attached hydrogens (tertiary/aromatic N) is 3. The molecule has 0 aliphatic rings. The second kappa shape index (κ2) is 7.07. The van der Waals surface area contributed by atoms with Gasteiger partial charge >= 0.3 is 6.18 Å². The summed E-state index contributed by atoms with van der Waals surface area (Å²) in [5.74, 6) is 4.31. The van der Waals surface area contributed by atoms with Crippen LogP contribution in [0.25, 0.3) is 0 Å². The number of hydrogen-bond acceptors (Lipinski definition) is 6. The van der Waals surface area contributed by atoms with Gasteiger partial charge in [-0.15, -0.1) is 0 Å². The maximum absolute atomic E-state index is 12.7. The molecule has 1 aromatic rings. The van der Waals surface area contributed by atoms with E-state index >= 15 is 0 Å². The number of carbonyl (C=O) groups is 1. The van der Waals surface area contributed by atoms with Crippen molar-refractivity contribution in [1.29, 1.82) is 0 Å². The molecule has 0 fully saturated rings. The maximum atomic E-state index is 12.7. The van der Waals surface area contributed by atoms with Gasteiger partial charge in [0.1, 0.15) is 5.82 Å². The van der Waals surface area contributed by atoms with Gasteiger partial charge in [-0.2, -0.15) is 18.2 Å². The molecule has 0 saturated carbocycles. The number of hydrogen-bond donors (Lipinski definition) is 3. The molecule has 21 heavy (non-hydrogen) atoms. The van der Waals surface area contributed by atoms with Gasteiger partial charge in [0, 0.05) is 19.7 Å². The Balaban J connectivity index is 2.93. The minimum Gasteiger partial charge on any atom is -0.355 e. The fourth-order valence-corrected chi connectivity index (χ4v) is 1.46. The number of alkyl halides is 3. The second-order valence-electron chi connectivity index (χ2n) is 4.28. The van der Waals surface area contributed by atoms with Crippen molar-refractivity contribution in [2.75, 3.05) is 30.5 Å². The number of nitrogens with two attached hydrogens (primary N) is 1. The van der Waals surface area contributed by atoms with Crippen molar-refractivity contribution in [3.8, 4) is 0 Å². The lowest BCUT2D eigenvalue weighted by molar-refractivity contribution is -0.141. The number of amides is 1. The Morgan fingerprint density at radius 3 is 2.62 bits per heavy atom. The molecule has 4 N–H and O–H groups in total. The zero-order valence-corrected chi connectivity index (χ0v) is 11.7. The smallest absolute Gasteiger partial charge is 0.355 e. The van der Waals surface area contributed by atoms with Crippen LogP contribution < -0.4 is 21.5 Å². The Morgan fingerprint density at radius 2 is 2.10 bits per heavy atom. The summed E-state index contributed by atoms with van der Waals surface area (Å²) in [6.07, 6.45) is -3.86. The minimum atomic E-state index is -4.63. The Labute approximate surface area is 119 Å². The fraction of sp³-hybridized carbons (Fsp3) is 0.545. The highest BCUT2D eigenvalue weighted by molar-refractivity contribution is 5.80. The molecule has 7 nitrogen and oxygen atoms in total. The van der Waals surface area contributed by atoms with E-state index in [1.807, 2.05) is 12.3 Å². The summed E-state index contributed by atoms with van der Waals surface area (Å²) in [6, 6.07) is 0.758. The van der Waals surface area contributed by atoms with E-state index in [1.54, 1.807) is 0 Å². The van der Waals surface area contributed by atoms with Gasteiger partial charge < -0.3 is 10.2 Å². The molecule has 0 radical (unpaired) electrons. The number of likely N-dealkylation sites (N-methyl/N-ethyl adjacent to an activating group) is 1. The van der Waals surface area contributed by atoms with E-state index in [2.05, 4.69) is 15.3 Å². The molecule has 10 heteroatoms. The lowest BCUT2D eigenvalue weighted by Crippen LogP contribution is -2.36. The van der Waals surface area contributed by atoms with Crippen LogP contribution in [0.4, 0.5) is 24.9 Å². The van der Waals surface area contributed by atoms with E-state index < -0.39 is 11.9 Å². The van der Waals surface area contributed by atoms with Crippen molar-refractivity contribution in [3.05, 3.63) is 11.8 Å². The molecule has 1 aromatic heterocycles. The Morgan fingerprint density at radius 1 is 1.43 bits per heavy atom. The van der Waals surface area contributed by atoms with E-state index in [9.17, 15) is 18.0 Å². The first kappa shape index (κ1) is 17.0. The molecule has 0 bridgehead atoms. The van der Waals surface area contributed by atoms with Gasteiger partial charge in [-0.1, -0.05) is 6.92 Å². The topological polar surface area (TPSA) is 96.2 Å². The summed E-state index contributed by atoms with van der Waals surface area (Å²) in [6.45, 7) is 2.27. The van der Waals surface area contributed by atoms with Gasteiger partial charge in [0.25, 0.3) is 0 Å². The zero-order valence-electron chi connectivity index (χ0n) is 11.7. The van der Waals surface area contributed by atoms with Crippen molar-refractivity contribution in [2.45, 2.75) is 19.5 Å². The number of carbonyl (C=O) groups excluding carboxylic acids is 1. The number of nitrogens with one attached hydrogen (secondary N) is 2. The van der Waals surface area contributed by atoms with E-state index in [1.165, 1.54) is 11.9 Å². The van der Waals surface area contributed by atoms with E-state index in [4.69, 9.17) is 5.84 Å². The number of hydrazine groups is 1. The molecule has 1 heterocycles. The van der Waals surface area contributed by atoms with Crippen molar-refractivity contribution in [3.63, 3.8) is 0 Å². The summed E-state index contributed by atoms with van der Waals surface area (Å²) in [7, 11) is 1.45. The van der Waals surface area contributed by atoms with Crippen LogP contribution >= 0.6 is 0 Å². The molecule has 1 rings (SSSR count). The molecule has 0 aliphatic carbocycles. The average molecular weight is 306 g/mol. The van der Waals surface area contributed by atoms with Crippen LogP contribution in [0.1, 0.15) is 19.0 Å². The van der Waals surface area contributed by atoms with Gasteiger partial charge in [0.05, 0.1) is 6.54 Å². The fourth-order valence-electron chi connectivity index (χ4n) is 1.46. The standard InChI is InChI=1S/C11H17F3N6O/c1-3-4-16-9(21)6-20(2)8-5-7(11(12,13)14)17-10(18-8)19-15/h5H,3-4,6,15H2,1-2H3,(H,16,21)(H,17,18,19). The highest BCUT2D eigenvalue weighted by atomic mass is 19.4. The lowest BCUT2D eigenvalue weighted by Gasteiger charge is -2.19. The van der Waals surface area contributed by atoms with Crippen LogP contribution in [0.5, 0.6) is 0 Å². The van der Waals surface area contributed by atoms with Crippen molar-refractivity contribution < 1.29 is 18.0 Å². The molecular weight excluding hydrogens is 289 g/mol. The third-order valence-electron chi connectivity index (χ3n) is 2.48. The Bertz CT molecular complexity index is 493. The zero-order chi connectivity index (χ0) is 16.0. The Kier molecular flexibility index (Phi) is 5.70. The molecule has 1 amide bonds. The van der Waals surface area contributed by atoms with E-state index in [-0.39, 0.29) is 24.2 Å². The van der Waals surface area contributed by atoms with Crippen LogP contribution in [0.2, 0.25) is 0 Å². The highest BCUT2D eigenvalue weighted by Crippen LogP contribution is 2.30. The van der Waals surface area contributed by atoms with Gasteiger partial charge in [-0.3, -0.25) is 10.2 Å². The summed E-state index contributed by atoms with van der Waals surface area (Å²) >= 11 is 0. The number of aromatic nitrogens is 2. The van der Waals surface area contributed by atoms with E-state index in [0.29, 0.717) is 6.54 Å². The minimum absolute atomic E-state index is 0.0584. The summed E-state index contributed by atoms with van der Waals surface area (Å²) < 4.78 is 38.2. The largest absolute Gasteiger partial charge is 0.433 e. The van der Waals surface area contributed by atoms with E-state index in [0.717, 1.165) is 12.5 Å². The van der Waals surface area contributed by atoms with Crippen LogP contribution in [0.3, 0.4) is 0 Å². The molecule has 0 aromatic carbocycles. The molecule has 0 aliphatic heterocycles. The molecule has 0 atom stereocenters. The van der Waals surface area contributed by atoms with Crippen molar-refractivity contribution in [1.82, 2.24) is 15.3 Å². The second-order valence-corrected chi connectivity index (χ2v) is 4.28. The van der Waals surface area contributed by atoms with Gasteiger partial charge in [-0.05, 0) is 6.42 Å². The average Bonchev–Trinajstić information content (AvgIpc) is 2.43. The van der Waals surface area contributed by atoms with Gasteiger partial charge in [0.2, 0.25) is 11.9 Å². The number of nitrogen functional groups attached to an aromatic ring is 1. The summed E-state index contributed by atoms with van der Waals surface area (Å²) in [5.41, 5.74) is 0.835. The molecule has 118 valence electrons. The molecular formula is C11H17F3N6O. The number of rotatable bonds is 6. The molecule has 0 unspecified atom stereocenters. The predicted octanol–water partition coefficient (Wildman–Crippen LogP) is 0.743. The van der Waals surface area contributed by atoms with Gasteiger partial charge in [0.15, 0.2) is 5.69 Å². The molecule has 0 saturated heterocycles. The van der Waals surface area contributed by atoms with Crippen LogP contribution in [0.15, 0.2) is 6.07 Å². The monoisotopic (exact) mass is 306 g/mol. The maximum Gasteiger partial charge on any atom is 0.433 e. The number of halogens is 3. The third-order valence-corrected chi connectivity index (χ3v) is 2.48. The Hall–Kier alpha value is -2.10. The van der Waals surface area contributed by atoms with Crippen molar-refractivity contribution >= 4 is 17.7 Å². The first-order valence-electron chi connectivity index (χ1n) is 6.18. The predicted molar refractivity (Wildman–Crippen MR) is 71.4 cm³/mol. The lowest BCUT2D eigenvalue weighted by atomic mass is 10.3. The summed E-state index contributed by atoms with van der Waals surface area (Å²) in [4.78, 5) is 19.9. The van der Waals surface area contributed by atoms with Crippen LogP contribution in [-0.4, -0.2) is 36.0 Å². The normalized spacial score (nSPS) is 11.1. The van der Waals surface area contributed by atoms with Gasteiger partial charge in [-0.25, -0.2) is 10.8 Å². The highest BCUT2D eigenvalue weighted by Gasteiger charge is 2.34. The SMILES string of the molecule is CCCNC(=O)CN(C)c1cc(C(F)(F)F)nc(NN)n1. The van der Waals surface area contributed by atoms with Crippen LogP contribution in [-0.2, 0) is 11.0 Å². The van der Waals surface area contributed by atoms with Crippen LogP contribution in [0, 0.1) is 0 Å². The number of anilines is 2. The first-order chi connectivity index (χ1) is 9.77. The molecule has 0 spiro atoms. The summed E-state index contributed by atoms with van der Waals surface area (Å²) in [5, 5.41) is 2.62. The first-order valence-corrected chi connectivity index (χ1v) is 6.18. The quantitative estimate of drug-likeness (QED) is 0.530. The van der Waals surface area contributed by atoms with Crippen molar-refractivity contribution in [2.24, 2.45) is 5.84 Å².